The normalized spacial score (nSPS) is 20.8. The molecule has 0 aliphatic heterocycles. The van der Waals surface area contributed by atoms with E-state index in [-0.39, 0.29) is 24.9 Å². The van der Waals surface area contributed by atoms with Crippen LogP contribution in [0.1, 0.15) is 41.6 Å². The van der Waals surface area contributed by atoms with E-state index in [9.17, 15) is 18.0 Å². The van der Waals surface area contributed by atoms with Crippen LogP contribution in [0.15, 0.2) is 30.3 Å². The van der Waals surface area contributed by atoms with E-state index in [4.69, 9.17) is 4.74 Å². The molecule has 0 unspecified atom stereocenters. The monoisotopic (exact) mass is 365 g/mol. The summed E-state index contributed by atoms with van der Waals surface area (Å²) in [7, 11) is 1.35. The van der Waals surface area contributed by atoms with Gasteiger partial charge in [-0.3, -0.25) is 0 Å². The third-order valence-corrected chi connectivity index (χ3v) is 5.26. The van der Waals surface area contributed by atoms with Crippen molar-refractivity contribution in [3.63, 3.8) is 0 Å². The molecule has 1 fully saturated rings. The van der Waals surface area contributed by atoms with Crippen molar-refractivity contribution >= 4 is 22.4 Å². The summed E-state index contributed by atoms with van der Waals surface area (Å²) < 4.78 is 43.1. The van der Waals surface area contributed by atoms with Gasteiger partial charge in [0, 0.05) is 11.7 Å². The van der Waals surface area contributed by atoms with Gasteiger partial charge >= 0.3 is 12.1 Å². The van der Waals surface area contributed by atoms with E-state index in [1.165, 1.54) is 7.11 Å². The Hall–Kier alpha value is -2.24. The number of benzene rings is 2. The van der Waals surface area contributed by atoms with Crippen molar-refractivity contribution in [1.82, 2.24) is 0 Å². The van der Waals surface area contributed by atoms with Crippen LogP contribution in [0.3, 0.4) is 0 Å². The van der Waals surface area contributed by atoms with Crippen LogP contribution in [0.2, 0.25) is 0 Å². The number of methoxy groups -OCH3 is 1. The number of halogens is 3. The first-order valence-electron chi connectivity index (χ1n) is 8.74. The molecule has 2 aromatic rings. The average Bonchev–Trinajstić information content (AvgIpc) is 2.63. The van der Waals surface area contributed by atoms with Gasteiger partial charge in [0.15, 0.2) is 0 Å². The number of hydrogen-bond acceptors (Lipinski definition) is 3. The average molecular weight is 365 g/mol. The summed E-state index contributed by atoms with van der Waals surface area (Å²) in [6.07, 6.45) is -2.69. The minimum absolute atomic E-state index is 0.0547. The number of fused-ring (bicyclic) bond motifs is 1. The van der Waals surface area contributed by atoms with E-state index in [0.717, 1.165) is 22.0 Å². The molecule has 0 spiro atoms. The zero-order valence-corrected chi connectivity index (χ0v) is 14.8. The predicted molar refractivity (Wildman–Crippen MR) is 95.4 cm³/mol. The maximum atomic E-state index is 12.8. The molecular formula is C20H22F3NO2. The largest absolute Gasteiger partial charge is 0.465 e. The highest BCUT2D eigenvalue weighted by atomic mass is 19.4. The van der Waals surface area contributed by atoms with E-state index in [1.807, 2.05) is 25.1 Å². The lowest BCUT2D eigenvalue weighted by atomic mass is 9.85. The summed E-state index contributed by atoms with van der Waals surface area (Å²) in [6, 6.07) is 9.28. The molecule has 2 aromatic carbocycles. The lowest BCUT2D eigenvalue weighted by Gasteiger charge is -2.31. The number of aryl methyl sites for hydroxylation is 1. The lowest BCUT2D eigenvalue weighted by molar-refractivity contribution is -0.182. The van der Waals surface area contributed by atoms with Crippen molar-refractivity contribution < 1.29 is 22.7 Å². The molecule has 140 valence electrons. The number of carbonyl (C=O) groups is 1. The second kappa shape index (κ2) is 7.17. The molecule has 0 radical (unpaired) electrons. The van der Waals surface area contributed by atoms with Crippen molar-refractivity contribution in [2.24, 2.45) is 5.92 Å². The molecular weight excluding hydrogens is 343 g/mol. The van der Waals surface area contributed by atoms with Crippen molar-refractivity contribution in [3.8, 4) is 0 Å². The SMILES string of the molecule is COC(=O)c1ccc2c(C)c(NC3CCC(C(F)(F)F)CC3)ccc2c1. The van der Waals surface area contributed by atoms with E-state index < -0.39 is 12.1 Å². The Labute approximate surface area is 150 Å². The Bertz CT molecular complexity index is 809. The molecule has 3 nitrogen and oxygen atoms in total. The van der Waals surface area contributed by atoms with Gasteiger partial charge in [-0.05, 0) is 67.1 Å². The van der Waals surface area contributed by atoms with E-state index in [1.54, 1.807) is 12.1 Å². The number of rotatable bonds is 3. The molecule has 0 amide bonds. The van der Waals surface area contributed by atoms with Crippen LogP contribution in [-0.4, -0.2) is 25.3 Å². The van der Waals surface area contributed by atoms with Crippen LogP contribution < -0.4 is 5.32 Å². The molecule has 0 aromatic heterocycles. The number of esters is 1. The predicted octanol–water partition coefficient (Wildman–Crippen LogP) is 5.47. The smallest absolute Gasteiger partial charge is 0.391 e. The fourth-order valence-electron chi connectivity index (χ4n) is 3.67. The van der Waals surface area contributed by atoms with E-state index >= 15 is 0 Å². The summed E-state index contributed by atoms with van der Waals surface area (Å²) in [5.41, 5.74) is 2.45. The third-order valence-electron chi connectivity index (χ3n) is 5.26. The molecule has 0 heterocycles. The molecule has 3 rings (SSSR count). The van der Waals surface area contributed by atoms with Crippen molar-refractivity contribution in [3.05, 3.63) is 41.5 Å². The summed E-state index contributed by atoms with van der Waals surface area (Å²) in [4.78, 5) is 11.7. The highest BCUT2D eigenvalue weighted by Crippen LogP contribution is 2.38. The quantitative estimate of drug-likeness (QED) is 0.733. The Kier molecular flexibility index (Phi) is 5.12. The second-order valence-corrected chi connectivity index (χ2v) is 6.90. The molecule has 1 aliphatic rings. The van der Waals surface area contributed by atoms with Gasteiger partial charge in [-0.1, -0.05) is 12.1 Å². The highest BCUT2D eigenvalue weighted by Gasteiger charge is 2.41. The number of carbonyl (C=O) groups excluding carboxylic acids is 1. The molecule has 0 bridgehead atoms. The molecule has 26 heavy (non-hydrogen) atoms. The third kappa shape index (κ3) is 3.79. The van der Waals surface area contributed by atoms with Crippen molar-refractivity contribution in [1.29, 1.82) is 0 Å². The van der Waals surface area contributed by atoms with Gasteiger partial charge in [-0.25, -0.2) is 4.79 Å². The van der Waals surface area contributed by atoms with E-state index in [2.05, 4.69) is 5.32 Å². The molecule has 0 saturated heterocycles. The van der Waals surface area contributed by atoms with Crippen molar-refractivity contribution in [2.45, 2.75) is 44.8 Å². The summed E-state index contributed by atoms with van der Waals surface area (Å²) in [5.74, 6) is -1.55. The molecule has 1 N–H and O–H groups in total. The second-order valence-electron chi connectivity index (χ2n) is 6.90. The summed E-state index contributed by atoms with van der Waals surface area (Å²) in [5, 5.41) is 5.34. The summed E-state index contributed by atoms with van der Waals surface area (Å²) in [6.45, 7) is 1.98. The summed E-state index contributed by atoms with van der Waals surface area (Å²) >= 11 is 0. The number of alkyl halides is 3. The fraction of sp³-hybridized carbons (Fsp3) is 0.450. The van der Waals surface area contributed by atoms with Gasteiger partial charge in [-0.2, -0.15) is 13.2 Å². The topological polar surface area (TPSA) is 38.3 Å². The van der Waals surface area contributed by atoms with Gasteiger partial charge in [0.25, 0.3) is 0 Å². The van der Waals surface area contributed by atoms with Crippen molar-refractivity contribution in [2.75, 3.05) is 12.4 Å². The molecule has 1 aliphatic carbocycles. The standard InChI is InChI=1S/C20H22F3NO2/c1-12-17-9-3-14(19(25)26-2)11-13(17)4-10-18(12)24-16-7-5-15(6-8-16)20(21,22)23/h3-4,9-11,15-16,24H,5-8H2,1-2H3. The fourth-order valence-corrected chi connectivity index (χ4v) is 3.67. The molecule has 6 heteroatoms. The number of anilines is 1. The van der Waals surface area contributed by atoms with Crippen LogP contribution in [0.25, 0.3) is 10.8 Å². The highest BCUT2D eigenvalue weighted by molar-refractivity contribution is 5.97. The van der Waals surface area contributed by atoms with Crippen LogP contribution in [0.4, 0.5) is 18.9 Å². The first-order chi connectivity index (χ1) is 12.3. The van der Waals surface area contributed by atoms with Gasteiger partial charge < -0.3 is 10.1 Å². The zero-order valence-electron chi connectivity index (χ0n) is 14.8. The number of hydrogen-bond donors (Lipinski definition) is 1. The minimum Gasteiger partial charge on any atom is -0.465 e. The maximum Gasteiger partial charge on any atom is 0.391 e. The van der Waals surface area contributed by atoms with E-state index in [0.29, 0.717) is 18.4 Å². The number of ether oxygens (including phenoxy) is 1. The molecule has 1 saturated carbocycles. The van der Waals surface area contributed by atoms with Gasteiger partial charge in [0.1, 0.15) is 0 Å². The molecule has 0 atom stereocenters. The maximum absolute atomic E-state index is 12.8. The van der Waals surface area contributed by atoms with Gasteiger partial charge in [0.2, 0.25) is 0 Å². The first kappa shape index (κ1) is 18.5. The van der Waals surface area contributed by atoms with Gasteiger partial charge in [0.05, 0.1) is 18.6 Å². The van der Waals surface area contributed by atoms with Crippen LogP contribution in [-0.2, 0) is 4.74 Å². The Morgan fingerprint density at radius 3 is 2.42 bits per heavy atom. The first-order valence-corrected chi connectivity index (χ1v) is 8.74. The Morgan fingerprint density at radius 2 is 1.81 bits per heavy atom. The Morgan fingerprint density at radius 1 is 1.12 bits per heavy atom. The van der Waals surface area contributed by atoms with Crippen LogP contribution in [0, 0.1) is 12.8 Å². The Balaban J connectivity index is 1.75. The number of nitrogens with one attached hydrogen (secondary N) is 1. The van der Waals surface area contributed by atoms with Gasteiger partial charge in [-0.15, -0.1) is 0 Å². The minimum atomic E-state index is -4.08. The van der Waals surface area contributed by atoms with Crippen LogP contribution in [0.5, 0.6) is 0 Å². The van der Waals surface area contributed by atoms with Crippen LogP contribution >= 0.6 is 0 Å². The zero-order chi connectivity index (χ0) is 18.9. The lowest BCUT2D eigenvalue weighted by Crippen LogP contribution is -2.32.